The number of amides is 3. The standard InChI is InChI=1S/C28H32FN5O3.C23H26FN5O/c1-26(2)17-32(25(36)28(37)9-4-10-28)13-14-33(26)24(35)22-16-34-23(30-22)20(27(3)11-12-27)15-21(31-34)18-5-7-19(29)8-6-18;1-22(2)14-25-10-11-28(22)21(30)19-13-29-20(26-19)17(23(3)8-9-23)12-18(27-29)15-4-6-16(24)7-5-15/h5-8,15-16,37H,4,9-14,17H2,1-3H3;4-7,12-13,25H,8-11,14H2,1-3H3. The van der Waals surface area contributed by atoms with Gasteiger partial charge in [0.25, 0.3) is 17.7 Å². The lowest BCUT2D eigenvalue weighted by atomic mass is 9.78. The summed E-state index contributed by atoms with van der Waals surface area (Å²) in [4.78, 5) is 54.8. The maximum atomic E-state index is 13.7. The Balaban J connectivity index is 0.000000160. The van der Waals surface area contributed by atoms with Gasteiger partial charge in [-0.3, -0.25) is 14.4 Å². The van der Waals surface area contributed by atoms with Gasteiger partial charge >= 0.3 is 0 Å². The zero-order valence-corrected chi connectivity index (χ0v) is 39.1. The third-order valence-corrected chi connectivity index (χ3v) is 14.9. The van der Waals surface area contributed by atoms with Crippen LogP contribution in [0.25, 0.3) is 33.8 Å². The molecule has 6 aromatic rings. The van der Waals surface area contributed by atoms with E-state index in [9.17, 15) is 28.3 Å². The van der Waals surface area contributed by atoms with Gasteiger partial charge in [0.05, 0.1) is 34.9 Å². The van der Waals surface area contributed by atoms with Crippen LogP contribution in [0.15, 0.2) is 73.1 Å². The van der Waals surface area contributed by atoms with Crippen LogP contribution in [0.4, 0.5) is 8.78 Å². The van der Waals surface area contributed by atoms with Crippen molar-refractivity contribution in [3.05, 3.63) is 107 Å². The highest BCUT2D eigenvalue weighted by atomic mass is 19.1. The fourth-order valence-corrected chi connectivity index (χ4v) is 9.85. The Morgan fingerprint density at radius 3 is 1.49 bits per heavy atom. The Bertz CT molecular complexity index is 2930. The fraction of sp³-hybridized carbons (Fsp3) is 0.471. The molecule has 0 radical (unpaired) electrons. The molecule has 14 nitrogen and oxygen atoms in total. The molecule has 5 fully saturated rings. The summed E-state index contributed by atoms with van der Waals surface area (Å²) in [5.74, 6) is -1.08. The quantitative estimate of drug-likeness (QED) is 0.173. The molecule has 5 aliphatic rings. The van der Waals surface area contributed by atoms with Crippen molar-refractivity contribution < 1.29 is 28.3 Å². The van der Waals surface area contributed by atoms with Gasteiger partial charge in [-0.05, 0) is 144 Å². The normalized spacial score (nSPS) is 20.8. The van der Waals surface area contributed by atoms with Crippen LogP contribution in [0.1, 0.15) is 119 Å². The lowest BCUT2D eigenvalue weighted by molar-refractivity contribution is -0.164. The number of aromatic nitrogens is 6. The third-order valence-electron chi connectivity index (χ3n) is 14.9. The highest BCUT2D eigenvalue weighted by Crippen LogP contribution is 2.50. The molecule has 16 heteroatoms. The van der Waals surface area contributed by atoms with E-state index in [0.717, 1.165) is 78.8 Å². The smallest absolute Gasteiger partial charge is 0.274 e. The summed E-state index contributed by atoms with van der Waals surface area (Å²) in [6.07, 6.45) is 9.48. The minimum Gasteiger partial charge on any atom is -0.380 e. The number of carbonyl (C=O) groups is 3. The van der Waals surface area contributed by atoms with Crippen LogP contribution in [0, 0.1) is 11.6 Å². The molecule has 2 N–H and O–H groups in total. The SMILES string of the molecule is CC1(c2cc(-c3ccc(F)cc3)nn3cc(C(=O)N4CCN(C(=O)C5(O)CCC5)CC4(C)C)nc23)CC1.CC1(c2cc(-c3ccc(F)cc3)nn3cc(C(=O)N4CCNCC4(C)C)nc23)CC1. The van der Waals surface area contributed by atoms with Gasteiger partial charge in [-0.1, -0.05) is 13.8 Å². The first-order valence-electron chi connectivity index (χ1n) is 23.5. The van der Waals surface area contributed by atoms with E-state index in [0.29, 0.717) is 61.7 Å². The molecule has 0 spiro atoms. The van der Waals surface area contributed by atoms with Crippen LogP contribution >= 0.6 is 0 Å². The van der Waals surface area contributed by atoms with E-state index in [1.807, 2.05) is 30.9 Å². The van der Waals surface area contributed by atoms with E-state index in [-0.39, 0.29) is 45.7 Å². The van der Waals surface area contributed by atoms with E-state index >= 15 is 0 Å². The molecule has 4 aromatic heterocycles. The van der Waals surface area contributed by atoms with Crippen molar-refractivity contribution in [2.75, 3.05) is 39.3 Å². The largest absolute Gasteiger partial charge is 0.380 e. The molecule has 3 amide bonds. The molecule has 11 rings (SSSR count). The molecule has 2 saturated heterocycles. The van der Waals surface area contributed by atoms with Gasteiger partial charge in [0, 0.05) is 61.5 Å². The monoisotopic (exact) mass is 912 g/mol. The van der Waals surface area contributed by atoms with Crippen LogP contribution in [0.5, 0.6) is 0 Å². The van der Waals surface area contributed by atoms with Gasteiger partial charge in [-0.25, -0.2) is 27.8 Å². The van der Waals surface area contributed by atoms with Crippen molar-refractivity contribution in [2.45, 2.75) is 114 Å². The molecule has 2 aromatic carbocycles. The first-order valence-corrected chi connectivity index (χ1v) is 23.5. The van der Waals surface area contributed by atoms with Gasteiger partial charge in [-0.15, -0.1) is 0 Å². The summed E-state index contributed by atoms with van der Waals surface area (Å²) in [6, 6.07) is 16.6. The average Bonchev–Trinajstić information content (AvgIpc) is 4.11. The van der Waals surface area contributed by atoms with Gasteiger partial charge in [-0.2, -0.15) is 10.2 Å². The summed E-state index contributed by atoms with van der Waals surface area (Å²) in [5.41, 5.74) is 5.20. The topological polar surface area (TPSA) is 154 Å². The summed E-state index contributed by atoms with van der Waals surface area (Å²) in [5, 5.41) is 23.3. The number of piperazine rings is 2. The van der Waals surface area contributed by atoms with Gasteiger partial charge < -0.3 is 25.1 Å². The van der Waals surface area contributed by atoms with E-state index in [4.69, 9.17) is 20.2 Å². The van der Waals surface area contributed by atoms with Crippen molar-refractivity contribution in [1.29, 1.82) is 0 Å². The number of nitrogens with zero attached hydrogens (tertiary/aromatic N) is 9. The number of halogens is 2. The Labute approximate surface area is 388 Å². The number of hydrogen-bond acceptors (Lipinski definition) is 9. The number of benzene rings is 2. The van der Waals surface area contributed by atoms with Crippen molar-refractivity contribution in [2.24, 2.45) is 0 Å². The fourth-order valence-electron chi connectivity index (χ4n) is 9.85. The number of imidazole rings is 2. The highest BCUT2D eigenvalue weighted by Gasteiger charge is 2.49. The lowest BCUT2D eigenvalue weighted by Crippen LogP contribution is -2.65. The third kappa shape index (κ3) is 8.25. The molecule has 0 atom stereocenters. The maximum Gasteiger partial charge on any atom is 0.274 e. The minimum absolute atomic E-state index is 0.0301. The number of fused-ring (bicyclic) bond motifs is 2. The summed E-state index contributed by atoms with van der Waals surface area (Å²) >= 11 is 0. The Morgan fingerprint density at radius 1 is 0.627 bits per heavy atom. The molecular formula is C51H58F2N10O4. The molecule has 0 bridgehead atoms. The van der Waals surface area contributed by atoms with Gasteiger partial charge in [0.15, 0.2) is 11.3 Å². The second-order valence-electron chi connectivity index (χ2n) is 21.1. The Hall–Kier alpha value is -6.13. The zero-order chi connectivity index (χ0) is 47.3. The lowest BCUT2D eigenvalue weighted by Gasteiger charge is -2.49. The number of aliphatic hydroxyl groups is 1. The second-order valence-corrected chi connectivity index (χ2v) is 21.1. The summed E-state index contributed by atoms with van der Waals surface area (Å²) < 4.78 is 30.3. The molecular weight excluding hydrogens is 855 g/mol. The van der Waals surface area contributed by atoms with Crippen LogP contribution in [-0.4, -0.2) is 123 Å². The number of nitrogens with one attached hydrogen (secondary N) is 1. The predicted octanol–water partition coefficient (Wildman–Crippen LogP) is 6.98. The second kappa shape index (κ2) is 16.0. The summed E-state index contributed by atoms with van der Waals surface area (Å²) in [6.45, 7) is 15.7. The molecule has 3 saturated carbocycles. The Kier molecular flexibility index (Phi) is 10.7. The number of rotatable bonds is 7. The van der Waals surface area contributed by atoms with E-state index in [1.54, 1.807) is 55.5 Å². The van der Waals surface area contributed by atoms with Gasteiger partial charge in [0.2, 0.25) is 0 Å². The first-order chi connectivity index (χ1) is 31.8. The van der Waals surface area contributed by atoms with Gasteiger partial charge in [0.1, 0.15) is 28.6 Å². The molecule has 67 heavy (non-hydrogen) atoms. The van der Waals surface area contributed by atoms with Crippen LogP contribution in [0.2, 0.25) is 0 Å². The molecule has 3 aliphatic carbocycles. The van der Waals surface area contributed by atoms with Crippen molar-refractivity contribution in [3.8, 4) is 22.5 Å². The average molecular weight is 913 g/mol. The highest BCUT2D eigenvalue weighted by molar-refractivity contribution is 5.95. The number of hydrogen-bond donors (Lipinski definition) is 2. The van der Waals surface area contributed by atoms with E-state index in [1.165, 1.54) is 24.3 Å². The van der Waals surface area contributed by atoms with E-state index < -0.39 is 11.1 Å². The zero-order valence-electron chi connectivity index (χ0n) is 39.1. The predicted molar refractivity (Wildman–Crippen MR) is 248 cm³/mol. The maximum absolute atomic E-state index is 13.7. The van der Waals surface area contributed by atoms with Crippen molar-refractivity contribution in [3.63, 3.8) is 0 Å². The molecule has 0 unspecified atom stereocenters. The van der Waals surface area contributed by atoms with Crippen LogP contribution in [-0.2, 0) is 15.6 Å². The molecule has 2 aliphatic heterocycles. The van der Waals surface area contributed by atoms with E-state index in [2.05, 4.69) is 33.0 Å². The van der Waals surface area contributed by atoms with Crippen LogP contribution in [0.3, 0.4) is 0 Å². The first kappa shape index (κ1) is 44.7. The summed E-state index contributed by atoms with van der Waals surface area (Å²) in [7, 11) is 0. The minimum atomic E-state index is -1.24. The number of carbonyl (C=O) groups excluding carboxylic acids is 3. The van der Waals surface area contributed by atoms with Crippen molar-refractivity contribution >= 4 is 29.0 Å². The molecule has 6 heterocycles. The van der Waals surface area contributed by atoms with Crippen molar-refractivity contribution in [1.82, 2.24) is 49.2 Å². The molecule has 350 valence electrons. The Morgan fingerprint density at radius 2 is 1.09 bits per heavy atom. The van der Waals surface area contributed by atoms with Crippen LogP contribution < -0.4 is 5.32 Å².